The van der Waals surface area contributed by atoms with Gasteiger partial charge < -0.3 is 14.5 Å². The summed E-state index contributed by atoms with van der Waals surface area (Å²) in [6.45, 7) is 6.74. The molecule has 4 heterocycles. The maximum atomic E-state index is 13.4. The third-order valence-electron chi connectivity index (χ3n) is 6.32. The van der Waals surface area contributed by atoms with Gasteiger partial charge in [0, 0.05) is 64.7 Å². The highest BCUT2D eigenvalue weighted by atomic mass is 16.5. The summed E-state index contributed by atoms with van der Waals surface area (Å²) in [4.78, 5) is 36.1. The van der Waals surface area contributed by atoms with Gasteiger partial charge in [0.25, 0.3) is 0 Å². The predicted octanol–water partition coefficient (Wildman–Crippen LogP) is 0.993. The van der Waals surface area contributed by atoms with Crippen molar-refractivity contribution in [2.45, 2.75) is 26.3 Å². The average molecular weight is 372 g/mol. The van der Waals surface area contributed by atoms with Crippen molar-refractivity contribution in [3.63, 3.8) is 0 Å². The maximum absolute atomic E-state index is 13.4. The lowest BCUT2D eigenvalue weighted by molar-refractivity contribution is -0.141. The Morgan fingerprint density at radius 2 is 1.96 bits per heavy atom. The van der Waals surface area contributed by atoms with E-state index >= 15 is 0 Å². The molecule has 3 fully saturated rings. The molecule has 1 aromatic heterocycles. The Hall–Kier alpha value is -2.15. The highest BCUT2D eigenvalue weighted by molar-refractivity contribution is 5.86. The summed E-state index contributed by atoms with van der Waals surface area (Å²) in [5, 5.41) is 0. The van der Waals surface area contributed by atoms with Gasteiger partial charge in [-0.3, -0.25) is 14.5 Å². The molecule has 1 aromatic rings. The number of nitrogens with zero attached hydrogens (tertiary/aromatic N) is 4. The number of amides is 2. The first-order valence-electron chi connectivity index (χ1n) is 9.79. The van der Waals surface area contributed by atoms with E-state index in [4.69, 9.17) is 4.74 Å². The number of methoxy groups -OCH3 is 1. The summed E-state index contributed by atoms with van der Waals surface area (Å²) in [7, 11) is 1.62. The molecule has 0 spiro atoms. The number of hydrogen-bond donors (Lipinski definition) is 0. The van der Waals surface area contributed by atoms with E-state index in [0.29, 0.717) is 32.1 Å². The number of rotatable bonds is 4. The Labute approximate surface area is 160 Å². The van der Waals surface area contributed by atoms with E-state index < -0.39 is 5.41 Å². The number of hydrogen-bond acceptors (Lipinski definition) is 5. The van der Waals surface area contributed by atoms with Crippen LogP contribution in [0, 0.1) is 11.3 Å². The van der Waals surface area contributed by atoms with E-state index in [-0.39, 0.29) is 17.7 Å². The van der Waals surface area contributed by atoms with Crippen LogP contribution in [0.4, 0.5) is 0 Å². The van der Waals surface area contributed by atoms with Crippen LogP contribution in [0.15, 0.2) is 18.2 Å². The fourth-order valence-corrected chi connectivity index (χ4v) is 4.96. The Morgan fingerprint density at radius 1 is 1.19 bits per heavy atom. The number of ether oxygens (including phenoxy) is 1. The van der Waals surface area contributed by atoms with Crippen LogP contribution in [-0.4, -0.2) is 77.9 Å². The molecule has 0 bridgehead atoms. The fourth-order valence-electron chi connectivity index (χ4n) is 4.96. The standard InChI is InChI=1S/C20H28N4O3/c1-15(25)24-11-16-10-22(12-17-6-5-7-18(21-17)27-2)13-20(16,14-24)19(26)23-8-3-4-9-23/h5-7,16H,3-4,8-14H2,1-2H3/t16-,20-/m1/s1. The van der Waals surface area contributed by atoms with E-state index in [0.717, 1.165) is 38.2 Å². The molecule has 0 unspecified atom stereocenters. The molecule has 7 nitrogen and oxygen atoms in total. The van der Waals surface area contributed by atoms with Crippen molar-refractivity contribution in [3.05, 3.63) is 23.9 Å². The van der Waals surface area contributed by atoms with Gasteiger partial charge in [-0.05, 0) is 18.9 Å². The Morgan fingerprint density at radius 3 is 2.67 bits per heavy atom. The Bertz CT molecular complexity index is 734. The van der Waals surface area contributed by atoms with Crippen LogP contribution in [0.1, 0.15) is 25.5 Å². The van der Waals surface area contributed by atoms with E-state index in [1.54, 1.807) is 14.0 Å². The second-order valence-electron chi connectivity index (χ2n) is 8.09. The molecule has 2 amide bonds. The van der Waals surface area contributed by atoms with Crippen LogP contribution in [0.5, 0.6) is 5.88 Å². The van der Waals surface area contributed by atoms with Crippen LogP contribution in [-0.2, 0) is 16.1 Å². The first-order valence-corrected chi connectivity index (χ1v) is 9.79. The van der Waals surface area contributed by atoms with E-state index in [1.165, 1.54) is 0 Å². The number of aromatic nitrogens is 1. The minimum atomic E-state index is -0.463. The summed E-state index contributed by atoms with van der Waals surface area (Å²) in [5.41, 5.74) is 0.482. The molecular formula is C20H28N4O3. The van der Waals surface area contributed by atoms with Gasteiger partial charge in [-0.25, -0.2) is 4.98 Å². The lowest BCUT2D eigenvalue weighted by Crippen LogP contribution is -2.49. The molecular weight excluding hydrogens is 344 g/mol. The number of pyridine rings is 1. The Balaban J connectivity index is 1.54. The summed E-state index contributed by atoms with van der Waals surface area (Å²) < 4.78 is 5.23. The maximum Gasteiger partial charge on any atom is 0.232 e. The Kier molecular flexibility index (Phi) is 4.80. The second-order valence-corrected chi connectivity index (χ2v) is 8.09. The van der Waals surface area contributed by atoms with Crippen LogP contribution < -0.4 is 4.74 Å². The molecule has 0 aliphatic carbocycles. The topological polar surface area (TPSA) is 66.0 Å². The lowest BCUT2D eigenvalue weighted by Gasteiger charge is -2.32. The lowest BCUT2D eigenvalue weighted by atomic mass is 9.79. The highest BCUT2D eigenvalue weighted by Gasteiger charge is 2.58. The van der Waals surface area contributed by atoms with Crippen molar-refractivity contribution in [2.75, 3.05) is 46.4 Å². The van der Waals surface area contributed by atoms with Gasteiger partial charge in [0.2, 0.25) is 17.7 Å². The van der Waals surface area contributed by atoms with Crippen molar-refractivity contribution >= 4 is 11.8 Å². The quantitative estimate of drug-likeness (QED) is 0.789. The molecule has 3 aliphatic heterocycles. The molecule has 0 radical (unpaired) electrons. The number of likely N-dealkylation sites (tertiary alicyclic amines) is 3. The molecule has 146 valence electrons. The van der Waals surface area contributed by atoms with Crippen molar-refractivity contribution in [1.29, 1.82) is 0 Å². The first-order chi connectivity index (χ1) is 13.0. The van der Waals surface area contributed by atoms with Crippen molar-refractivity contribution in [3.8, 4) is 5.88 Å². The SMILES string of the molecule is COc1cccc(CN2C[C@@H]3CN(C(C)=O)C[C@]3(C(=O)N3CCCC3)C2)n1. The van der Waals surface area contributed by atoms with E-state index in [2.05, 4.69) is 9.88 Å². The van der Waals surface area contributed by atoms with Crippen molar-refractivity contribution in [1.82, 2.24) is 19.7 Å². The minimum absolute atomic E-state index is 0.0685. The highest BCUT2D eigenvalue weighted by Crippen LogP contribution is 2.44. The van der Waals surface area contributed by atoms with E-state index in [9.17, 15) is 9.59 Å². The number of carbonyl (C=O) groups excluding carboxylic acids is 2. The van der Waals surface area contributed by atoms with Gasteiger partial charge in [0.15, 0.2) is 0 Å². The summed E-state index contributed by atoms with van der Waals surface area (Å²) >= 11 is 0. The summed E-state index contributed by atoms with van der Waals surface area (Å²) in [5.74, 6) is 1.12. The molecule has 0 N–H and O–H groups in total. The largest absolute Gasteiger partial charge is 0.481 e. The number of carbonyl (C=O) groups is 2. The predicted molar refractivity (Wildman–Crippen MR) is 100 cm³/mol. The van der Waals surface area contributed by atoms with Gasteiger partial charge in [-0.15, -0.1) is 0 Å². The molecule has 4 rings (SSSR count). The zero-order valence-corrected chi connectivity index (χ0v) is 16.2. The van der Waals surface area contributed by atoms with Crippen molar-refractivity contribution < 1.29 is 14.3 Å². The van der Waals surface area contributed by atoms with Gasteiger partial charge in [-0.1, -0.05) is 6.07 Å². The zero-order valence-electron chi connectivity index (χ0n) is 16.2. The second kappa shape index (κ2) is 7.11. The van der Waals surface area contributed by atoms with Gasteiger partial charge in [0.05, 0.1) is 18.2 Å². The minimum Gasteiger partial charge on any atom is -0.481 e. The third kappa shape index (κ3) is 3.29. The average Bonchev–Trinajstić information content (AvgIpc) is 3.36. The van der Waals surface area contributed by atoms with Gasteiger partial charge in [-0.2, -0.15) is 0 Å². The molecule has 27 heavy (non-hydrogen) atoms. The third-order valence-corrected chi connectivity index (χ3v) is 6.32. The molecule has 7 heteroatoms. The van der Waals surface area contributed by atoms with Gasteiger partial charge in [0.1, 0.15) is 0 Å². The van der Waals surface area contributed by atoms with Crippen LogP contribution in [0.3, 0.4) is 0 Å². The molecule has 0 saturated carbocycles. The molecule has 0 aromatic carbocycles. The molecule has 3 aliphatic rings. The number of fused-ring (bicyclic) bond motifs is 1. The van der Waals surface area contributed by atoms with Crippen molar-refractivity contribution in [2.24, 2.45) is 11.3 Å². The summed E-state index contributed by atoms with van der Waals surface area (Å²) in [6, 6.07) is 5.78. The van der Waals surface area contributed by atoms with Gasteiger partial charge >= 0.3 is 0 Å². The normalized spacial score (nSPS) is 27.9. The summed E-state index contributed by atoms with van der Waals surface area (Å²) in [6.07, 6.45) is 2.17. The fraction of sp³-hybridized carbons (Fsp3) is 0.650. The van der Waals surface area contributed by atoms with Crippen LogP contribution in [0.2, 0.25) is 0 Å². The van der Waals surface area contributed by atoms with Crippen LogP contribution >= 0.6 is 0 Å². The molecule has 3 saturated heterocycles. The monoisotopic (exact) mass is 372 g/mol. The smallest absolute Gasteiger partial charge is 0.232 e. The zero-order chi connectivity index (χ0) is 19.0. The van der Waals surface area contributed by atoms with E-state index in [1.807, 2.05) is 28.0 Å². The van der Waals surface area contributed by atoms with Crippen LogP contribution in [0.25, 0.3) is 0 Å². The first kappa shape index (κ1) is 18.2. The molecule has 2 atom stereocenters.